The van der Waals surface area contributed by atoms with Gasteiger partial charge >= 0.3 is 0 Å². The smallest absolute Gasteiger partial charge is 0.276 e. The van der Waals surface area contributed by atoms with Gasteiger partial charge in [0.2, 0.25) is 0 Å². The first-order chi connectivity index (χ1) is 10.5. The highest BCUT2D eigenvalue weighted by molar-refractivity contribution is 6.30. The number of carbonyl (C=O) groups is 1. The molecule has 6 nitrogen and oxygen atoms in total. The molecule has 1 fully saturated rings. The minimum Gasteiger partial charge on any atom is -0.336 e. The van der Waals surface area contributed by atoms with Crippen LogP contribution in [0.4, 0.5) is 4.39 Å². The lowest BCUT2D eigenvalue weighted by Gasteiger charge is -2.14. The quantitative estimate of drug-likeness (QED) is 0.909. The number of rotatable bonds is 2. The van der Waals surface area contributed by atoms with E-state index in [-0.39, 0.29) is 22.7 Å². The maximum Gasteiger partial charge on any atom is 0.276 e. The number of hydrogen-bond donors (Lipinski definition) is 1. The molecule has 2 aromatic rings. The van der Waals surface area contributed by atoms with E-state index in [0.717, 1.165) is 6.42 Å². The Bertz CT molecular complexity index is 732. The maximum absolute atomic E-state index is 13.2. The third-order valence-electron chi connectivity index (χ3n) is 3.76. The molecule has 0 saturated carbocycles. The summed E-state index contributed by atoms with van der Waals surface area (Å²) in [6, 6.07) is 4.23. The van der Waals surface area contributed by atoms with Gasteiger partial charge in [-0.25, -0.2) is 9.07 Å². The molecule has 0 aliphatic carbocycles. The topological polar surface area (TPSA) is 77.0 Å². The van der Waals surface area contributed by atoms with Crippen LogP contribution in [0.5, 0.6) is 0 Å². The number of aromatic nitrogens is 3. The maximum atomic E-state index is 13.2. The molecule has 2 heterocycles. The first-order valence-electron chi connectivity index (χ1n) is 6.90. The van der Waals surface area contributed by atoms with Crippen molar-refractivity contribution in [2.45, 2.75) is 19.4 Å². The van der Waals surface area contributed by atoms with Gasteiger partial charge in [0.15, 0.2) is 5.69 Å². The lowest BCUT2D eigenvalue weighted by Crippen LogP contribution is -2.32. The Hall–Kier alpha value is -1.99. The fourth-order valence-electron chi connectivity index (χ4n) is 2.51. The Morgan fingerprint density at radius 3 is 2.91 bits per heavy atom. The van der Waals surface area contributed by atoms with Crippen molar-refractivity contribution in [3.05, 3.63) is 40.4 Å². The number of carbonyl (C=O) groups excluding carboxylic acids is 1. The van der Waals surface area contributed by atoms with Gasteiger partial charge in [-0.15, -0.1) is 5.10 Å². The Kier molecular flexibility index (Phi) is 3.84. The van der Waals surface area contributed by atoms with Gasteiger partial charge in [0.05, 0.1) is 16.4 Å². The molecule has 0 bridgehead atoms. The summed E-state index contributed by atoms with van der Waals surface area (Å²) >= 11 is 5.78. The van der Waals surface area contributed by atoms with Crippen molar-refractivity contribution < 1.29 is 9.18 Å². The number of nitrogens with two attached hydrogens (primary N) is 1. The van der Waals surface area contributed by atoms with Gasteiger partial charge < -0.3 is 10.6 Å². The average molecular weight is 324 g/mol. The summed E-state index contributed by atoms with van der Waals surface area (Å²) in [5.74, 6) is -0.699. The fourth-order valence-corrected chi connectivity index (χ4v) is 2.69. The molecule has 1 amide bonds. The van der Waals surface area contributed by atoms with Crippen molar-refractivity contribution in [2.75, 3.05) is 13.1 Å². The first-order valence-corrected chi connectivity index (χ1v) is 7.27. The monoisotopic (exact) mass is 323 g/mol. The molecule has 2 N–H and O–H groups in total. The molecule has 1 saturated heterocycles. The number of nitrogens with zero attached hydrogens (tertiary/aromatic N) is 4. The molecule has 0 unspecified atom stereocenters. The van der Waals surface area contributed by atoms with Crippen LogP contribution in [0.2, 0.25) is 5.02 Å². The second kappa shape index (κ2) is 5.66. The van der Waals surface area contributed by atoms with Crippen LogP contribution in [0.3, 0.4) is 0 Å². The van der Waals surface area contributed by atoms with E-state index in [1.807, 2.05) is 0 Å². The highest BCUT2D eigenvalue weighted by Crippen LogP contribution is 2.21. The molecular formula is C14H15ClFN5O. The third kappa shape index (κ3) is 2.57. The Morgan fingerprint density at radius 1 is 1.50 bits per heavy atom. The normalized spacial score (nSPS) is 18.0. The van der Waals surface area contributed by atoms with Crippen LogP contribution >= 0.6 is 11.6 Å². The second-order valence-electron chi connectivity index (χ2n) is 5.33. The van der Waals surface area contributed by atoms with Crippen LogP contribution < -0.4 is 5.73 Å². The lowest BCUT2D eigenvalue weighted by molar-refractivity contribution is 0.0784. The molecule has 1 atom stereocenters. The van der Waals surface area contributed by atoms with E-state index >= 15 is 0 Å². The molecule has 1 aliphatic rings. The third-order valence-corrected chi connectivity index (χ3v) is 4.05. The van der Waals surface area contributed by atoms with Crippen molar-refractivity contribution in [3.8, 4) is 5.69 Å². The van der Waals surface area contributed by atoms with Crippen LogP contribution in [0.25, 0.3) is 5.69 Å². The van der Waals surface area contributed by atoms with Crippen molar-refractivity contribution in [3.63, 3.8) is 0 Å². The summed E-state index contributed by atoms with van der Waals surface area (Å²) in [5.41, 5.74) is 7.22. The van der Waals surface area contributed by atoms with E-state index in [9.17, 15) is 9.18 Å². The van der Waals surface area contributed by atoms with E-state index in [0.29, 0.717) is 24.5 Å². The SMILES string of the molecule is Cc1c(C(=O)N2CC[C@@H](N)C2)nnn1-c1ccc(F)c(Cl)c1. The predicted octanol–water partition coefficient (Wildman–Crippen LogP) is 1.54. The minimum absolute atomic E-state index is 0.00853. The van der Waals surface area contributed by atoms with Gasteiger partial charge in [-0.1, -0.05) is 16.8 Å². The second-order valence-corrected chi connectivity index (χ2v) is 5.74. The van der Waals surface area contributed by atoms with Crippen molar-refractivity contribution in [1.29, 1.82) is 0 Å². The first kappa shape index (κ1) is 14.9. The summed E-state index contributed by atoms with van der Waals surface area (Å²) in [4.78, 5) is 14.1. The molecule has 3 rings (SSSR count). The van der Waals surface area contributed by atoms with Crippen molar-refractivity contribution >= 4 is 17.5 Å². The van der Waals surface area contributed by atoms with Crippen LogP contribution in [0.1, 0.15) is 22.6 Å². The Balaban J connectivity index is 1.91. The molecule has 116 valence electrons. The molecule has 1 aromatic heterocycles. The van der Waals surface area contributed by atoms with Gasteiger partial charge in [0.1, 0.15) is 5.82 Å². The van der Waals surface area contributed by atoms with E-state index in [2.05, 4.69) is 10.3 Å². The predicted molar refractivity (Wildman–Crippen MR) is 79.6 cm³/mol. The minimum atomic E-state index is -0.509. The van der Waals surface area contributed by atoms with Gasteiger partial charge in [0, 0.05) is 19.1 Å². The van der Waals surface area contributed by atoms with E-state index in [1.54, 1.807) is 11.8 Å². The standard InChI is InChI=1S/C14H15ClFN5O/c1-8-13(14(22)20-5-4-9(17)7-20)18-19-21(8)10-2-3-12(16)11(15)6-10/h2-3,6,9H,4-5,7,17H2,1H3/t9-/m1/s1. The van der Waals surface area contributed by atoms with E-state index in [1.165, 1.54) is 22.9 Å². The zero-order chi connectivity index (χ0) is 15.9. The van der Waals surface area contributed by atoms with Gasteiger partial charge in [-0.3, -0.25) is 4.79 Å². The van der Waals surface area contributed by atoms with Crippen LogP contribution in [0, 0.1) is 12.7 Å². The van der Waals surface area contributed by atoms with Crippen molar-refractivity contribution in [2.24, 2.45) is 5.73 Å². The van der Waals surface area contributed by atoms with Crippen LogP contribution in [-0.2, 0) is 0 Å². The summed E-state index contributed by atoms with van der Waals surface area (Å²) < 4.78 is 14.7. The summed E-state index contributed by atoms with van der Waals surface area (Å²) in [7, 11) is 0. The number of benzene rings is 1. The summed E-state index contributed by atoms with van der Waals surface area (Å²) in [6.45, 7) is 2.88. The molecular weight excluding hydrogens is 309 g/mol. The largest absolute Gasteiger partial charge is 0.336 e. The molecule has 22 heavy (non-hydrogen) atoms. The average Bonchev–Trinajstić information content (AvgIpc) is 3.08. The zero-order valence-electron chi connectivity index (χ0n) is 12.0. The highest BCUT2D eigenvalue weighted by Gasteiger charge is 2.28. The van der Waals surface area contributed by atoms with Crippen LogP contribution in [-0.4, -0.2) is 44.9 Å². The number of amides is 1. The zero-order valence-corrected chi connectivity index (χ0v) is 12.7. The van der Waals surface area contributed by atoms with E-state index < -0.39 is 5.82 Å². The lowest BCUT2D eigenvalue weighted by atomic mass is 10.2. The van der Waals surface area contributed by atoms with Gasteiger partial charge in [-0.2, -0.15) is 0 Å². The van der Waals surface area contributed by atoms with Crippen molar-refractivity contribution in [1.82, 2.24) is 19.9 Å². The molecule has 1 aliphatic heterocycles. The fraction of sp³-hybridized carbons (Fsp3) is 0.357. The highest BCUT2D eigenvalue weighted by atomic mass is 35.5. The summed E-state index contributed by atoms with van der Waals surface area (Å²) in [6.07, 6.45) is 0.784. The number of likely N-dealkylation sites (tertiary alicyclic amines) is 1. The van der Waals surface area contributed by atoms with E-state index in [4.69, 9.17) is 17.3 Å². The number of halogens is 2. The molecule has 0 radical (unpaired) electrons. The number of hydrogen-bond acceptors (Lipinski definition) is 4. The van der Waals surface area contributed by atoms with Gasteiger partial charge in [-0.05, 0) is 31.5 Å². The Morgan fingerprint density at radius 2 is 2.27 bits per heavy atom. The summed E-state index contributed by atoms with van der Waals surface area (Å²) in [5, 5.41) is 7.92. The Labute approximate surface area is 131 Å². The van der Waals surface area contributed by atoms with Crippen LogP contribution in [0.15, 0.2) is 18.2 Å². The molecule has 8 heteroatoms. The molecule has 1 aromatic carbocycles. The van der Waals surface area contributed by atoms with Gasteiger partial charge in [0.25, 0.3) is 5.91 Å². The molecule has 0 spiro atoms.